The zero-order valence-corrected chi connectivity index (χ0v) is 6.62. The summed E-state index contributed by atoms with van der Waals surface area (Å²) in [5.41, 5.74) is 0. The van der Waals surface area contributed by atoms with E-state index in [1.807, 2.05) is 0 Å². The topological polar surface area (TPSA) is 24.1 Å². The second-order valence-electron chi connectivity index (χ2n) is 2.60. The monoisotopic (exact) mass is 146 g/mol. The Morgan fingerprint density at radius 2 is 2.22 bits per heavy atom. The van der Waals surface area contributed by atoms with E-state index in [0.717, 1.165) is 18.8 Å². The summed E-state index contributed by atoms with van der Waals surface area (Å²) in [5.74, 6) is 0.930. The summed E-state index contributed by atoms with van der Waals surface area (Å²) in [5, 5.41) is 6.75. The Morgan fingerprint density at radius 3 is 2.67 bits per heavy atom. The van der Waals surface area contributed by atoms with Gasteiger partial charge >= 0.3 is 0 Å². The maximum atomic E-state index is 4.19. The van der Waals surface area contributed by atoms with Gasteiger partial charge in [-0.2, -0.15) is 12.6 Å². The lowest BCUT2D eigenvalue weighted by Gasteiger charge is -2.27. The number of hydrogen-bond acceptors (Lipinski definition) is 3. The molecule has 0 bridgehead atoms. The van der Waals surface area contributed by atoms with E-state index in [-0.39, 0.29) is 0 Å². The minimum Gasteiger partial charge on any atom is -0.311 e. The largest absolute Gasteiger partial charge is 0.311 e. The first-order chi connectivity index (χ1) is 4.33. The molecule has 0 aromatic carbocycles. The predicted molar refractivity (Wildman–Crippen MR) is 43.1 cm³/mol. The van der Waals surface area contributed by atoms with Crippen LogP contribution in [0.1, 0.15) is 6.92 Å². The van der Waals surface area contributed by atoms with Crippen LogP contribution in [-0.4, -0.2) is 30.9 Å². The average molecular weight is 146 g/mol. The molecule has 3 heteroatoms. The summed E-state index contributed by atoms with van der Waals surface area (Å²) in [6.45, 7) is 4.32. The highest BCUT2D eigenvalue weighted by Crippen LogP contribution is 1.93. The summed E-state index contributed by atoms with van der Waals surface area (Å²) in [4.78, 5) is 0. The lowest BCUT2D eigenvalue weighted by atomic mass is 10.2. The molecule has 0 aliphatic carbocycles. The van der Waals surface area contributed by atoms with Gasteiger partial charge in [0, 0.05) is 30.9 Å². The summed E-state index contributed by atoms with van der Waals surface area (Å²) in [6, 6.07) is 1.20. The van der Waals surface area contributed by atoms with Crippen molar-refractivity contribution in [1.29, 1.82) is 0 Å². The highest BCUT2D eigenvalue weighted by molar-refractivity contribution is 7.80. The molecule has 0 amide bonds. The smallest absolute Gasteiger partial charge is 0.0281 e. The van der Waals surface area contributed by atoms with Gasteiger partial charge in [0.15, 0.2) is 0 Å². The number of hydrogen-bond donors (Lipinski definition) is 3. The van der Waals surface area contributed by atoms with E-state index in [9.17, 15) is 0 Å². The number of thiol groups is 1. The molecule has 2 nitrogen and oxygen atoms in total. The van der Waals surface area contributed by atoms with Gasteiger partial charge in [-0.05, 0) is 6.92 Å². The van der Waals surface area contributed by atoms with Gasteiger partial charge in [-0.25, -0.2) is 0 Å². The molecule has 1 rings (SSSR count). The van der Waals surface area contributed by atoms with E-state index >= 15 is 0 Å². The molecule has 0 unspecified atom stereocenters. The third kappa shape index (κ3) is 2.16. The first-order valence-electron chi connectivity index (χ1n) is 3.40. The van der Waals surface area contributed by atoms with E-state index in [4.69, 9.17) is 0 Å². The second kappa shape index (κ2) is 3.44. The quantitative estimate of drug-likeness (QED) is 0.449. The van der Waals surface area contributed by atoms with Crippen LogP contribution in [0.25, 0.3) is 0 Å². The van der Waals surface area contributed by atoms with Crippen molar-refractivity contribution in [3.8, 4) is 0 Å². The zero-order valence-electron chi connectivity index (χ0n) is 5.72. The Balaban J connectivity index is 2.18. The molecule has 0 radical (unpaired) electrons. The van der Waals surface area contributed by atoms with Crippen LogP contribution in [0.5, 0.6) is 0 Å². The fraction of sp³-hybridized carbons (Fsp3) is 1.00. The molecule has 1 saturated heterocycles. The highest BCUT2D eigenvalue weighted by Gasteiger charge is 2.13. The normalized spacial score (nSPS) is 36.7. The fourth-order valence-corrected chi connectivity index (χ4v) is 1.22. The Morgan fingerprint density at radius 1 is 1.44 bits per heavy atom. The molecule has 2 N–H and O–H groups in total. The standard InChI is InChI=1S/C6H14N2S/c1-5-2-8-6(4-9)3-7-5/h5-9H,2-4H2,1H3/t5-,6-/m1/s1. The molecule has 0 aromatic heterocycles. The number of nitrogens with one attached hydrogen (secondary N) is 2. The van der Waals surface area contributed by atoms with Crippen molar-refractivity contribution in [3.05, 3.63) is 0 Å². The van der Waals surface area contributed by atoms with E-state index in [0.29, 0.717) is 12.1 Å². The summed E-state index contributed by atoms with van der Waals surface area (Å²) >= 11 is 4.19. The molecule has 0 aromatic rings. The van der Waals surface area contributed by atoms with Crippen molar-refractivity contribution in [1.82, 2.24) is 10.6 Å². The highest BCUT2D eigenvalue weighted by atomic mass is 32.1. The van der Waals surface area contributed by atoms with Gasteiger partial charge in [-0.1, -0.05) is 0 Å². The van der Waals surface area contributed by atoms with Crippen LogP contribution in [0.4, 0.5) is 0 Å². The van der Waals surface area contributed by atoms with Crippen LogP contribution < -0.4 is 10.6 Å². The minimum atomic E-state index is 0.574. The van der Waals surface area contributed by atoms with Crippen LogP contribution in [0.2, 0.25) is 0 Å². The lowest BCUT2D eigenvalue weighted by molar-refractivity contribution is 0.380. The van der Waals surface area contributed by atoms with Crippen molar-refractivity contribution in [2.75, 3.05) is 18.8 Å². The molecule has 9 heavy (non-hydrogen) atoms. The molecule has 0 spiro atoms. The average Bonchev–Trinajstić information content (AvgIpc) is 1.90. The van der Waals surface area contributed by atoms with Gasteiger partial charge in [0.05, 0.1) is 0 Å². The SMILES string of the molecule is C[C@@H]1CN[C@@H](CS)CN1. The first kappa shape index (κ1) is 7.38. The molecule has 1 heterocycles. The third-order valence-electron chi connectivity index (χ3n) is 1.65. The van der Waals surface area contributed by atoms with Crippen LogP contribution in [0.15, 0.2) is 0 Å². The number of rotatable bonds is 1. The van der Waals surface area contributed by atoms with Gasteiger partial charge in [-0.15, -0.1) is 0 Å². The van der Waals surface area contributed by atoms with Crippen LogP contribution >= 0.6 is 12.6 Å². The molecule has 54 valence electrons. The van der Waals surface area contributed by atoms with Crippen molar-refractivity contribution < 1.29 is 0 Å². The Hall–Kier alpha value is 0.270. The maximum absolute atomic E-state index is 4.19. The number of piperazine rings is 1. The van der Waals surface area contributed by atoms with Crippen molar-refractivity contribution in [2.45, 2.75) is 19.0 Å². The molecule has 0 saturated carbocycles. The second-order valence-corrected chi connectivity index (χ2v) is 2.96. The van der Waals surface area contributed by atoms with E-state index in [2.05, 4.69) is 30.2 Å². The van der Waals surface area contributed by atoms with E-state index < -0.39 is 0 Å². The summed E-state index contributed by atoms with van der Waals surface area (Å²) < 4.78 is 0. The minimum absolute atomic E-state index is 0.574. The van der Waals surface area contributed by atoms with Gasteiger partial charge in [0.2, 0.25) is 0 Å². The van der Waals surface area contributed by atoms with Gasteiger partial charge < -0.3 is 10.6 Å². The Labute approximate surface area is 61.8 Å². The first-order valence-corrected chi connectivity index (χ1v) is 4.04. The predicted octanol–water partition coefficient (Wildman–Crippen LogP) is -0.134. The molecular formula is C6H14N2S. The van der Waals surface area contributed by atoms with Crippen LogP contribution in [0, 0.1) is 0 Å². The Kier molecular flexibility index (Phi) is 2.82. The van der Waals surface area contributed by atoms with Crippen molar-refractivity contribution >= 4 is 12.6 Å². The van der Waals surface area contributed by atoms with Gasteiger partial charge in [0.25, 0.3) is 0 Å². The van der Waals surface area contributed by atoms with Gasteiger partial charge in [-0.3, -0.25) is 0 Å². The fourth-order valence-electron chi connectivity index (χ4n) is 0.960. The van der Waals surface area contributed by atoms with Crippen LogP contribution in [0.3, 0.4) is 0 Å². The van der Waals surface area contributed by atoms with E-state index in [1.54, 1.807) is 0 Å². The summed E-state index contributed by atoms with van der Waals surface area (Å²) in [6.07, 6.45) is 0. The third-order valence-corrected chi connectivity index (χ3v) is 2.09. The molecule has 1 aliphatic rings. The zero-order chi connectivity index (χ0) is 6.69. The van der Waals surface area contributed by atoms with Crippen molar-refractivity contribution in [2.24, 2.45) is 0 Å². The van der Waals surface area contributed by atoms with E-state index in [1.165, 1.54) is 0 Å². The molecule has 1 fully saturated rings. The van der Waals surface area contributed by atoms with Crippen molar-refractivity contribution in [3.63, 3.8) is 0 Å². The molecule has 2 atom stereocenters. The Bertz CT molecular complexity index is 79.1. The van der Waals surface area contributed by atoms with Gasteiger partial charge in [0.1, 0.15) is 0 Å². The maximum Gasteiger partial charge on any atom is 0.0281 e. The molecule has 1 aliphatic heterocycles. The lowest BCUT2D eigenvalue weighted by Crippen LogP contribution is -2.53. The summed E-state index contributed by atoms with van der Waals surface area (Å²) in [7, 11) is 0. The van der Waals surface area contributed by atoms with Crippen LogP contribution in [-0.2, 0) is 0 Å². The molecular weight excluding hydrogens is 132 g/mol.